The fraction of sp³-hybridized carbons (Fsp3) is 0.382. The van der Waals surface area contributed by atoms with E-state index in [0.29, 0.717) is 37.2 Å². The number of hydrogen-bond donors (Lipinski definition) is 2. The quantitative estimate of drug-likeness (QED) is 0.192. The Labute approximate surface area is 235 Å². The number of carboxylic acid groups (broad SMARTS) is 1. The lowest BCUT2D eigenvalue weighted by atomic mass is 9.96. The Balaban J connectivity index is 1.21. The van der Waals surface area contributed by atoms with Gasteiger partial charge in [0.15, 0.2) is 5.79 Å². The van der Waals surface area contributed by atoms with Crippen molar-refractivity contribution in [3.05, 3.63) is 107 Å². The first-order valence-corrected chi connectivity index (χ1v) is 15.1. The van der Waals surface area contributed by atoms with Crippen LogP contribution in [-0.4, -0.2) is 27.2 Å². The van der Waals surface area contributed by atoms with E-state index in [1.54, 1.807) is 0 Å². The van der Waals surface area contributed by atoms with Crippen molar-refractivity contribution < 1.29 is 19.7 Å². The maximum Gasteiger partial charge on any atom is 0.335 e. The van der Waals surface area contributed by atoms with Gasteiger partial charge in [-0.1, -0.05) is 72.8 Å². The number of rotatable bonds is 11. The molecule has 0 aliphatic heterocycles. The topological polar surface area (TPSA) is 66.8 Å². The first kappa shape index (κ1) is 26.4. The highest BCUT2D eigenvalue weighted by atomic mass is 32.2. The molecule has 0 heterocycles. The number of carbonyl (C=O) groups is 1. The van der Waals surface area contributed by atoms with E-state index in [4.69, 9.17) is 4.74 Å². The van der Waals surface area contributed by atoms with Crippen molar-refractivity contribution in [1.82, 2.24) is 0 Å². The van der Waals surface area contributed by atoms with Crippen LogP contribution in [0.25, 0.3) is 5.57 Å². The number of allylic oxidation sites excluding steroid dienone is 1. The molecule has 3 aliphatic rings. The average molecular weight is 541 g/mol. The molecule has 0 spiro atoms. The van der Waals surface area contributed by atoms with Crippen LogP contribution in [0.5, 0.6) is 0 Å². The third kappa shape index (κ3) is 6.66. The lowest BCUT2D eigenvalue weighted by molar-refractivity contribution is -0.228. The van der Waals surface area contributed by atoms with Crippen LogP contribution in [0.15, 0.2) is 89.8 Å². The molecule has 0 radical (unpaired) electrons. The van der Waals surface area contributed by atoms with Crippen LogP contribution in [0.3, 0.4) is 0 Å². The molecule has 3 aliphatic carbocycles. The number of aliphatic hydroxyl groups is 1. The summed E-state index contributed by atoms with van der Waals surface area (Å²) >= 11 is 1.95. The smallest absolute Gasteiger partial charge is 0.335 e. The van der Waals surface area contributed by atoms with Gasteiger partial charge in [0.1, 0.15) is 0 Å². The second-order valence-electron chi connectivity index (χ2n) is 11.4. The minimum Gasteiger partial charge on any atom is -0.478 e. The molecule has 3 aromatic carbocycles. The Morgan fingerprint density at radius 1 is 0.974 bits per heavy atom. The van der Waals surface area contributed by atoms with Crippen LogP contribution < -0.4 is 0 Å². The maximum atomic E-state index is 12.4. The first-order chi connectivity index (χ1) is 19.0. The average Bonchev–Trinajstić information content (AvgIpc) is 3.88. The van der Waals surface area contributed by atoms with Crippen molar-refractivity contribution in [2.45, 2.75) is 79.3 Å². The second-order valence-corrected chi connectivity index (χ2v) is 12.7. The molecule has 4 nitrogen and oxygen atoms in total. The minimum absolute atomic E-state index is 0.0702. The monoisotopic (exact) mass is 540 g/mol. The highest BCUT2D eigenvalue weighted by molar-refractivity contribution is 8.00. The molecule has 0 aromatic heterocycles. The molecule has 3 saturated carbocycles. The highest BCUT2D eigenvalue weighted by Gasteiger charge is 2.40. The summed E-state index contributed by atoms with van der Waals surface area (Å²) in [5.41, 5.74) is 4.59. The van der Waals surface area contributed by atoms with Crippen molar-refractivity contribution >= 4 is 23.3 Å². The van der Waals surface area contributed by atoms with Gasteiger partial charge in [0.2, 0.25) is 0 Å². The number of benzene rings is 3. The second kappa shape index (κ2) is 11.3. The van der Waals surface area contributed by atoms with Gasteiger partial charge in [-0.15, -0.1) is 11.8 Å². The van der Waals surface area contributed by atoms with Crippen LogP contribution >= 0.6 is 11.8 Å². The molecule has 3 fully saturated rings. The van der Waals surface area contributed by atoms with Crippen LogP contribution in [0, 0.1) is 5.92 Å². The molecule has 5 heteroatoms. The van der Waals surface area contributed by atoms with Crippen molar-refractivity contribution in [3.8, 4) is 0 Å². The molecule has 2 N–H and O–H groups in total. The van der Waals surface area contributed by atoms with E-state index in [0.717, 1.165) is 21.9 Å². The highest BCUT2D eigenvalue weighted by Crippen LogP contribution is 2.49. The Kier molecular flexibility index (Phi) is 7.66. The summed E-state index contributed by atoms with van der Waals surface area (Å²) in [6.45, 7) is 0. The predicted octanol–water partition coefficient (Wildman–Crippen LogP) is 7.78. The lowest BCUT2D eigenvalue weighted by Crippen LogP contribution is -2.31. The molecule has 202 valence electrons. The van der Waals surface area contributed by atoms with Crippen molar-refractivity contribution in [3.63, 3.8) is 0 Å². The van der Waals surface area contributed by atoms with Gasteiger partial charge in [-0.2, -0.15) is 0 Å². The summed E-state index contributed by atoms with van der Waals surface area (Å²) in [5.74, 6) is -1.73. The minimum atomic E-state index is -1.30. The number of carboxylic acids is 1. The molecule has 39 heavy (non-hydrogen) atoms. The number of hydrogen-bond acceptors (Lipinski definition) is 4. The SMILES string of the molecule is O=C(O)/C(=C/[C@H]1CCC(O)(O[C@@H](Cc2ccccc2)c2ccccc2)C1)c1ccc(SC2CC2)c(C2CC2)c1. The van der Waals surface area contributed by atoms with Crippen LogP contribution in [-0.2, 0) is 16.0 Å². The fourth-order valence-corrected chi connectivity index (χ4v) is 6.93. The number of aliphatic carboxylic acids is 1. The molecule has 1 unspecified atom stereocenters. The Hall–Kier alpha value is -2.86. The van der Waals surface area contributed by atoms with Crippen LogP contribution in [0.2, 0.25) is 0 Å². The largest absolute Gasteiger partial charge is 0.478 e. The molecule has 0 bridgehead atoms. The molecular formula is C34H36O4S. The third-order valence-electron chi connectivity index (χ3n) is 8.07. The summed E-state index contributed by atoms with van der Waals surface area (Å²) in [7, 11) is 0. The van der Waals surface area contributed by atoms with E-state index >= 15 is 0 Å². The van der Waals surface area contributed by atoms with Gasteiger partial charge in [0, 0.05) is 29.4 Å². The van der Waals surface area contributed by atoms with E-state index < -0.39 is 11.8 Å². The maximum absolute atomic E-state index is 12.4. The van der Waals surface area contributed by atoms with Gasteiger partial charge >= 0.3 is 5.97 Å². The Morgan fingerprint density at radius 2 is 1.69 bits per heavy atom. The van der Waals surface area contributed by atoms with Crippen molar-refractivity contribution in [2.24, 2.45) is 5.92 Å². The third-order valence-corrected chi connectivity index (χ3v) is 9.50. The summed E-state index contributed by atoms with van der Waals surface area (Å²) in [5, 5.41) is 22.4. The normalized spacial score (nSPS) is 24.0. The van der Waals surface area contributed by atoms with E-state index in [1.165, 1.54) is 36.1 Å². The van der Waals surface area contributed by atoms with Gasteiger partial charge < -0.3 is 14.9 Å². The van der Waals surface area contributed by atoms with Crippen LogP contribution in [0.1, 0.15) is 79.2 Å². The van der Waals surface area contributed by atoms with Gasteiger partial charge in [-0.05, 0) is 78.3 Å². The molecule has 0 saturated heterocycles. The zero-order valence-electron chi connectivity index (χ0n) is 22.2. The van der Waals surface area contributed by atoms with Gasteiger partial charge in [0.05, 0.1) is 11.7 Å². The summed E-state index contributed by atoms with van der Waals surface area (Å²) in [6.07, 6.45) is 8.69. The van der Waals surface area contributed by atoms with E-state index in [2.05, 4.69) is 24.3 Å². The zero-order valence-corrected chi connectivity index (χ0v) is 23.0. The van der Waals surface area contributed by atoms with Crippen LogP contribution in [0.4, 0.5) is 0 Å². The standard InChI is InChI=1S/C34H36O4S/c35-33(36)30(27-13-16-32(39-28-14-15-28)29(21-27)25-11-12-25)19-24-17-18-34(37,22-24)38-31(26-9-5-2-6-10-26)20-23-7-3-1-4-8-23/h1-10,13,16,19,21,24-25,28,31,37H,11-12,14-15,17-18,20,22H2,(H,35,36)/b30-19+/t24-,31+,34?/m1/s1. The van der Waals surface area contributed by atoms with Crippen molar-refractivity contribution in [1.29, 1.82) is 0 Å². The molecule has 3 aromatic rings. The fourth-order valence-electron chi connectivity index (χ4n) is 5.69. The summed E-state index contributed by atoms with van der Waals surface area (Å²) in [6, 6.07) is 26.4. The van der Waals surface area contributed by atoms with Gasteiger partial charge in [-0.25, -0.2) is 4.79 Å². The Bertz CT molecular complexity index is 1330. The zero-order chi connectivity index (χ0) is 26.8. The van der Waals surface area contributed by atoms with E-state index in [1.807, 2.05) is 72.4 Å². The van der Waals surface area contributed by atoms with Gasteiger partial charge in [-0.3, -0.25) is 0 Å². The molecule has 6 rings (SSSR count). The van der Waals surface area contributed by atoms with Crippen molar-refractivity contribution in [2.75, 3.05) is 0 Å². The number of thioether (sulfide) groups is 1. The Morgan fingerprint density at radius 3 is 2.36 bits per heavy atom. The summed E-state index contributed by atoms with van der Waals surface area (Å²) in [4.78, 5) is 13.7. The molecule has 3 atom stereocenters. The molecule has 0 amide bonds. The van der Waals surface area contributed by atoms with E-state index in [9.17, 15) is 15.0 Å². The summed E-state index contributed by atoms with van der Waals surface area (Å²) < 4.78 is 6.46. The predicted molar refractivity (Wildman–Crippen MR) is 156 cm³/mol. The lowest BCUT2D eigenvalue weighted by Gasteiger charge is -2.30. The molecular weight excluding hydrogens is 504 g/mol. The van der Waals surface area contributed by atoms with Gasteiger partial charge in [0.25, 0.3) is 0 Å². The van der Waals surface area contributed by atoms with E-state index in [-0.39, 0.29) is 12.0 Å². The number of ether oxygens (including phenoxy) is 1. The first-order valence-electron chi connectivity index (χ1n) is 14.2.